The Morgan fingerprint density at radius 3 is 2.58 bits per heavy atom. The fraction of sp³-hybridized carbons (Fsp3) is 0.556. The van der Waals surface area contributed by atoms with E-state index in [1.165, 1.54) is 0 Å². The number of aryl methyl sites for hydroxylation is 1. The van der Waals surface area contributed by atoms with Gasteiger partial charge in [-0.2, -0.15) is 0 Å². The van der Waals surface area contributed by atoms with Crippen molar-refractivity contribution in [2.75, 3.05) is 19.7 Å². The molecule has 0 aromatic heterocycles. The smallest absolute Gasteiger partial charge is 0.309 e. The van der Waals surface area contributed by atoms with E-state index >= 15 is 0 Å². The Morgan fingerprint density at radius 1 is 1.25 bits per heavy atom. The number of rotatable bonds is 3. The van der Waals surface area contributed by atoms with Gasteiger partial charge in [0.25, 0.3) is 5.91 Å². The summed E-state index contributed by atoms with van der Waals surface area (Å²) in [5.41, 5.74) is 1.79. The van der Waals surface area contributed by atoms with E-state index < -0.39 is 11.9 Å². The van der Waals surface area contributed by atoms with Crippen LogP contribution in [0.1, 0.15) is 35.2 Å². The standard InChI is InChI=1S/C18H22BrNO4/c1-11-2-3-13(10-15(11)19)17(21)20-7-4-12(5-8-20)16-14(18(22)23)6-9-24-16/h2-3,10,12,14,16H,4-9H2,1H3,(H,22,23)/t14?,16-/m0/s1. The van der Waals surface area contributed by atoms with E-state index in [9.17, 15) is 14.7 Å². The molecule has 0 bridgehead atoms. The summed E-state index contributed by atoms with van der Waals surface area (Å²) in [6.07, 6.45) is 1.99. The normalized spacial score (nSPS) is 25.0. The lowest BCUT2D eigenvalue weighted by Gasteiger charge is -2.35. The first kappa shape index (κ1) is 17.4. The van der Waals surface area contributed by atoms with E-state index in [0.29, 0.717) is 31.7 Å². The van der Waals surface area contributed by atoms with Crippen LogP contribution in [-0.4, -0.2) is 47.7 Å². The predicted molar refractivity (Wildman–Crippen MR) is 93.0 cm³/mol. The number of nitrogens with zero attached hydrogens (tertiary/aromatic N) is 1. The Kier molecular flexibility index (Phi) is 5.25. The van der Waals surface area contributed by atoms with E-state index in [0.717, 1.165) is 22.9 Å². The molecule has 5 nitrogen and oxygen atoms in total. The molecule has 1 N–H and O–H groups in total. The van der Waals surface area contributed by atoms with E-state index in [1.54, 1.807) is 0 Å². The third-order valence-corrected chi connectivity index (χ3v) is 6.02. The zero-order valence-corrected chi connectivity index (χ0v) is 15.3. The molecule has 6 heteroatoms. The molecule has 0 spiro atoms. The van der Waals surface area contributed by atoms with Crippen LogP contribution in [-0.2, 0) is 9.53 Å². The first-order chi connectivity index (χ1) is 11.5. The molecule has 2 saturated heterocycles. The Morgan fingerprint density at radius 2 is 1.96 bits per heavy atom. The van der Waals surface area contributed by atoms with Gasteiger partial charge in [-0.3, -0.25) is 9.59 Å². The van der Waals surface area contributed by atoms with E-state index in [-0.39, 0.29) is 17.9 Å². The molecule has 2 aliphatic rings. The zero-order valence-electron chi connectivity index (χ0n) is 13.7. The van der Waals surface area contributed by atoms with Gasteiger partial charge in [-0.25, -0.2) is 0 Å². The number of hydrogen-bond donors (Lipinski definition) is 1. The minimum Gasteiger partial charge on any atom is -0.481 e. The topological polar surface area (TPSA) is 66.8 Å². The van der Waals surface area contributed by atoms with Gasteiger partial charge in [-0.15, -0.1) is 0 Å². The molecule has 1 aromatic rings. The molecule has 2 aliphatic heterocycles. The monoisotopic (exact) mass is 395 g/mol. The largest absolute Gasteiger partial charge is 0.481 e. The number of amides is 1. The van der Waals surface area contributed by atoms with Crippen LogP contribution in [0.2, 0.25) is 0 Å². The van der Waals surface area contributed by atoms with E-state index in [1.807, 2.05) is 30.0 Å². The maximum atomic E-state index is 12.6. The number of carbonyl (C=O) groups excluding carboxylic acids is 1. The van der Waals surface area contributed by atoms with Crippen molar-refractivity contribution in [1.29, 1.82) is 0 Å². The number of likely N-dealkylation sites (tertiary alicyclic amines) is 1. The predicted octanol–water partition coefficient (Wildman–Crippen LogP) is 3.10. The first-order valence-corrected chi connectivity index (χ1v) is 9.16. The van der Waals surface area contributed by atoms with Crippen molar-refractivity contribution in [2.24, 2.45) is 11.8 Å². The summed E-state index contributed by atoms with van der Waals surface area (Å²) < 4.78 is 6.62. The second-order valence-corrected chi connectivity index (χ2v) is 7.52. The zero-order chi connectivity index (χ0) is 17.3. The van der Waals surface area contributed by atoms with Gasteiger partial charge in [0.1, 0.15) is 0 Å². The maximum Gasteiger partial charge on any atom is 0.309 e. The molecular formula is C18H22BrNO4. The quantitative estimate of drug-likeness (QED) is 0.853. The highest BCUT2D eigenvalue weighted by Gasteiger charge is 2.40. The molecule has 2 fully saturated rings. The van der Waals surface area contributed by atoms with Gasteiger partial charge in [0.2, 0.25) is 0 Å². The minimum absolute atomic E-state index is 0.0382. The number of aliphatic carboxylic acids is 1. The third kappa shape index (κ3) is 3.49. The van der Waals surface area contributed by atoms with Crippen LogP contribution in [0.5, 0.6) is 0 Å². The number of carboxylic acid groups (broad SMARTS) is 1. The Labute approximate surface area is 150 Å². The van der Waals surface area contributed by atoms with E-state index in [2.05, 4.69) is 15.9 Å². The van der Waals surface area contributed by atoms with Crippen molar-refractivity contribution in [3.63, 3.8) is 0 Å². The minimum atomic E-state index is -0.763. The van der Waals surface area contributed by atoms with Gasteiger partial charge in [0, 0.05) is 29.7 Å². The molecule has 1 unspecified atom stereocenters. The Bertz CT molecular complexity index is 640. The summed E-state index contributed by atoms with van der Waals surface area (Å²) in [6, 6.07) is 5.66. The van der Waals surface area contributed by atoms with Gasteiger partial charge in [-0.1, -0.05) is 22.0 Å². The van der Waals surface area contributed by atoms with Gasteiger partial charge in [0.05, 0.1) is 12.0 Å². The number of benzene rings is 1. The average molecular weight is 396 g/mol. The number of hydrogen-bond acceptors (Lipinski definition) is 3. The van der Waals surface area contributed by atoms with Crippen LogP contribution < -0.4 is 0 Å². The van der Waals surface area contributed by atoms with Crippen molar-refractivity contribution in [3.8, 4) is 0 Å². The summed E-state index contributed by atoms with van der Waals surface area (Å²) >= 11 is 3.47. The van der Waals surface area contributed by atoms with Crippen molar-refractivity contribution in [3.05, 3.63) is 33.8 Å². The molecule has 2 atom stereocenters. The van der Waals surface area contributed by atoms with Gasteiger partial charge in [-0.05, 0) is 49.8 Å². The number of halogens is 1. The van der Waals surface area contributed by atoms with Crippen molar-refractivity contribution in [1.82, 2.24) is 4.90 Å². The van der Waals surface area contributed by atoms with Crippen LogP contribution in [0, 0.1) is 18.8 Å². The molecule has 0 radical (unpaired) electrons. The van der Waals surface area contributed by atoms with Crippen LogP contribution in [0.3, 0.4) is 0 Å². The molecule has 0 saturated carbocycles. The second kappa shape index (κ2) is 7.23. The van der Waals surface area contributed by atoms with Crippen LogP contribution >= 0.6 is 15.9 Å². The fourth-order valence-electron chi connectivity index (χ4n) is 3.68. The molecule has 24 heavy (non-hydrogen) atoms. The SMILES string of the molecule is Cc1ccc(C(=O)N2CCC([C@@H]3OCCC3C(=O)O)CC2)cc1Br. The van der Waals surface area contributed by atoms with Gasteiger partial charge in [0.15, 0.2) is 0 Å². The highest BCUT2D eigenvalue weighted by molar-refractivity contribution is 9.10. The number of ether oxygens (including phenoxy) is 1. The van der Waals surface area contributed by atoms with Crippen LogP contribution in [0.4, 0.5) is 0 Å². The highest BCUT2D eigenvalue weighted by Crippen LogP contribution is 2.33. The first-order valence-electron chi connectivity index (χ1n) is 8.37. The lowest BCUT2D eigenvalue weighted by molar-refractivity contribution is -0.145. The number of piperidine rings is 1. The van der Waals surface area contributed by atoms with Crippen molar-refractivity contribution >= 4 is 27.8 Å². The summed E-state index contributed by atoms with van der Waals surface area (Å²) in [7, 11) is 0. The Hall–Kier alpha value is -1.40. The molecular weight excluding hydrogens is 374 g/mol. The fourth-order valence-corrected chi connectivity index (χ4v) is 4.06. The third-order valence-electron chi connectivity index (χ3n) is 5.16. The molecule has 130 valence electrons. The van der Waals surface area contributed by atoms with Gasteiger partial charge >= 0.3 is 5.97 Å². The average Bonchev–Trinajstić information content (AvgIpc) is 3.07. The molecule has 3 rings (SSSR count). The molecule has 2 heterocycles. The number of carboxylic acids is 1. The lowest BCUT2D eigenvalue weighted by atomic mass is 9.84. The molecule has 1 amide bonds. The van der Waals surface area contributed by atoms with Crippen molar-refractivity contribution < 1.29 is 19.4 Å². The lowest BCUT2D eigenvalue weighted by Crippen LogP contribution is -2.43. The highest BCUT2D eigenvalue weighted by atomic mass is 79.9. The van der Waals surface area contributed by atoms with Crippen molar-refractivity contribution in [2.45, 2.75) is 32.3 Å². The summed E-state index contributed by atoms with van der Waals surface area (Å²) in [5, 5.41) is 9.30. The Balaban J connectivity index is 1.61. The summed E-state index contributed by atoms with van der Waals surface area (Å²) in [5.74, 6) is -0.899. The summed E-state index contributed by atoms with van der Waals surface area (Å²) in [6.45, 7) is 3.82. The second-order valence-electron chi connectivity index (χ2n) is 6.66. The van der Waals surface area contributed by atoms with E-state index in [4.69, 9.17) is 4.74 Å². The summed E-state index contributed by atoms with van der Waals surface area (Å²) in [4.78, 5) is 25.8. The van der Waals surface area contributed by atoms with Gasteiger partial charge < -0.3 is 14.7 Å². The number of carbonyl (C=O) groups is 2. The molecule has 1 aromatic carbocycles. The van der Waals surface area contributed by atoms with Crippen LogP contribution in [0.15, 0.2) is 22.7 Å². The maximum absolute atomic E-state index is 12.6. The molecule has 0 aliphatic carbocycles. The van der Waals surface area contributed by atoms with Crippen LogP contribution in [0.25, 0.3) is 0 Å².